The zero-order chi connectivity index (χ0) is 23.1. The summed E-state index contributed by atoms with van der Waals surface area (Å²) < 4.78 is 5.63. The Morgan fingerprint density at radius 2 is 1.43 bits per heavy atom. The molecule has 0 spiro atoms. The van der Waals surface area contributed by atoms with Gasteiger partial charge in [0.2, 0.25) is 0 Å². The second-order valence-electron chi connectivity index (χ2n) is 10.9. The molecule has 0 aliphatic rings. The highest BCUT2D eigenvalue weighted by Gasteiger charge is 2.25. The van der Waals surface area contributed by atoms with Gasteiger partial charge in [-0.05, 0) is 52.2 Å². The molecule has 2 aromatic rings. The molecule has 2 aromatic carbocycles. The quantitative estimate of drug-likeness (QED) is 0.356. The van der Waals surface area contributed by atoms with Gasteiger partial charge in [0.1, 0.15) is 5.75 Å². The van der Waals surface area contributed by atoms with Crippen LogP contribution in [0.4, 0.5) is 0 Å². The predicted molar refractivity (Wildman–Crippen MR) is 142 cm³/mol. The highest BCUT2D eigenvalue weighted by atomic mass is 127. The molecule has 0 fully saturated rings. The van der Waals surface area contributed by atoms with Gasteiger partial charge in [-0.1, -0.05) is 112 Å². The van der Waals surface area contributed by atoms with Gasteiger partial charge in [-0.15, -0.1) is 0 Å². The van der Waals surface area contributed by atoms with Crippen molar-refractivity contribution >= 4 is 23.0 Å². The SMILES string of the molecule is CC(C)[C@@H](C)Cc1ccccc1.CCc1cc(C(C)(C)C)cc(C(C)(C)C)c1OI. The van der Waals surface area contributed by atoms with Gasteiger partial charge in [0.25, 0.3) is 0 Å². The lowest BCUT2D eigenvalue weighted by Crippen LogP contribution is -2.18. The van der Waals surface area contributed by atoms with Crippen molar-refractivity contribution in [3.05, 3.63) is 64.7 Å². The Morgan fingerprint density at radius 1 is 0.867 bits per heavy atom. The van der Waals surface area contributed by atoms with Crippen molar-refractivity contribution in [3.8, 4) is 5.75 Å². The van der Waals surface area contributed by atoms with E-state index in [0.29, 0.717) is 0 Å². The fourth-order valence-corrected chi connectivity index (χ4v) is 3.77. The first kappa shape index (κ1) is 27.0. The van der Waals surface area contributed by atoms with E-state index < -0.39 is 0 Å². The summed E-state index contributed by atoms with van der Waals surface area (Å²) in [4.78, 5) is 0. The number of halogens is 1. The summed E-state index contributed by atoms with van der Waals surface area (Å²) in [5, 5.41) is 0. The van der Waals surface area contributed by atoms with Crippen molar-refractivity contribution < 1.29 is 3.07 Å². The molecule has 1 atom stereocenters. The summed E-state index contributed by atoms with van der Waals surface area (Å²) in [6, 6.07) is 15.3. The largest absolute Gasteiger partial charge is 0.427 e. The number of aryl methyl sites for hydroxylation is 1. The Bertz CT molecular complexity index is 764. The fraction of sp³-hybridized carbons (Fsp3) is 0.571. The lowest BCUT2D eigenvalue weighted by molar-refractivity contribution is 0.417. The molecule has 168 valence electrons. The maximum absolute atomic E-state index is 5.63. The van der Waals surface area contributed by atoms with E-state index in [1.54, 1.807) is 0 Å². The zero-order valence-electron chi connectivity index (χ0n) is 20.9. The molecule has 0 aliphatic heterocycles. The van der Waals surface area contributed by atoms with Gasteiger partial charge in [0.05, 0.1) is 0 Å². The van der Waals surface area contributed by atoms with Gasteiger partial charge in [-0.25, -0.2) is 0 Å². The van der Waals surface area contributed by atoms with E-state index in [2.05, 4.69) is 112 Å². The molecule has 1 nitrogen and oxygen atoms in total. The van der Waals surface area contributed by atoms with Crippen LogP contribution < -0.4 is 3.07 Å². The smallest absolute Gasteiger partial charge is 0.192 e. The molecule has 0 saturated carbocycles. The molecule has 0 bridgehead atoms. The Labute approximate surface area is 200 Å². The van der Waals surface area contributed by atoms with Crippen LogP contribution in [0.5, 0.6) is 5.75 Å². The summed E-state index contributed by atoms with van der Waals surface area (Å²) in [6.07, 6.45) is 2.21. The minimum Gasteiger partial charge on any atom is -0.427 e. The average Bonchev–Trinajstić information content (AvgIpc) is 2.66. The molecule has 2 heteroatoms. The van der Waals surface area contributed by atoms with Gasteiger partial charge in [0.15, 0.2) is 23.0 Å². The Balaban J connectivity index is 0.000000325. The van der Waals surface area contributed by atoms with Crippen LogP contribution in [0.15, 0.2) is 42.5 Å². The van der Waals surface area contributed by atoms with Crippen molar-refractivity contribution in [1.29, 1.82) is 0 Å². The molecule has 0 aliphatic carbocycles. The van der Waals surface area contributed by atoms with Crippen LogP contribution in [0.25, 0.3) is 0 Å². The molecule has 0 N–H and O–H groups in total. The summed E-state index contributed by atoms with van der Waals surface area (Å²) in [5.41, 5.74) is 5.74. The molecule has 0 radical (unpaired) electrons. The Hall–Kier alpha value is -1.03. The van der Waals surface area contributed by atoms with Crippen LogP contribution in [0, 0.1) is 11.8 Å². The lowest BCUT2D eigenvalue weighted by atomic mass is 9.78. The third-order valence-electron chi connectivity index (χ3n) is 5.84. The topological polar surface area (TPSA) is 9.23 Å². The molecule has 30 heavy (non-hydrogen) atoms. The van der Waals surface area contributed by atoms with Crippen LogP contribution in [0.3, 0.4) is 0 Å². The number of rotatable bonds is 5. The van der Waals surface area contributed by atoms with Crippen LogP contribution in [0.2, 0.25) is 0 Å². The van der Waals surface area contributed by atoms with E-state index in [0.717, 1.165) is 24.0 Å². The van der Waals surface area contributed by atoms with Crippen molar-refractivity contribution in [1.82, 2.24) is 0 Å². The number of hydrogen-bond acceptors (Lipinski definition) is 1. The molecular weight excluding hydrogens is 479 g/mol. The third kappa shape index (κ3) is 8.24. The van der Waals surface area contributed by atoms with E-state index in [1.807, 2.05) is 23.0 Å². The van der Waals surface area contributed by atoms with Crippen LogP contribution in [-0.4, -0.2) is 0 Å². The van der Waals surface area contributed by atoms with Crippen molar-refractivity contribution in [2.24, 2.45) is 11.8 Å². The van der Waals surface area contributed by atoms with E-state index >= 15 is 0 Å². The predicted octanol–water partition coefficient (Wildman–Crippen LogP) is 9.09. The maximum Gasteiger partial charge on any atom is 0.192 e. The van der Waals surface area contributed by atoms with Gasteiger partial charge in [-0.2, -0.15) is 0 Å². The van der Waals surface area contributed by atoms with Crippen LogP contribution in [0.1, 0.15) is 91.5 Å². The average molecular weight is 523 g/mol. The molecule has 0 amide bonds. The molecule has 0 aromatic heterocycles. The standard InChI is InChI=1S/C16H25IO.C12H18/c1-8-11-9-12(15(2,3)4)10-13(14(11)18-17)16(5,6)7;1-10(2)11(3)9-12-7-5-4-6-8-12/h9-10H,8H2,1-7H3;4-8,10-11H,9H2,1-3H3/t;11-/m.0/s1. The third-order valence-corrected chi connectivity index (χ3v) is 6.28. The highest BCUT2D eigenvalue weighted by Crippen LogP contribution is 2.39. The summed E-state index contributed by atoms with van der Waals surface area (Å²) in [5.74, 6) is 2.62. The van der Waals surface area contributed by atoms with Gasteiger partial charge >= 0.3 is 0 Å². The van der Waals surface area contributed by atoms with E-state index in [4.69, 9.17) is 3.07 Å². The van der Waals surface area contributed by atoms with Gasteiger partial charge in [-0.3, -0.25) is 0 Å². The zero-order valence-corrected chi connectivity index (χ0v) is 23.1. The van der Waals surface area contributed by atoms with Crippen molar-refractivity contribution in [3.63, 3.8) is 0 Å². The molecule has 0 unspecified atom stereocenters. The first-order valence-electron chi connectivity index (χ1n) is 11.3. The maximum atomic E-state index is 5.63. The molecule has 0 heterocycles. The normalized spacial score (nSPS) is 12.9. The minimum atomic E-state index is 0.103. The van der Waals surface area contributed by atoms with Crippen molar-refractivity contribution in [2.45, 2.75) is 92.9 Å². The number of benzene rings is 2. The monoisotopic (exact) mass is 522 g/mol. The van der Waals surface area contributed by atoms with Crippen LogP contribution >= 0.6 is 23.0 Å². The minimum absolute atomic E-state index is 0.103. The Kier molecular flexibility index (Phi) is 10.4. The first-order valence-corrected chi connectivity index (χ1v) is 12.2. The molecular formula is C28H43IO. The van der Waals surface area contributed by atoms with Gasteiger partial charge in [0, 0.05) is 5.56 Å². The second-order valence-corrected chi connectivity index (χ2v) is 11.3. The molecule has 0 saturated heterocycles. The lowest BCUT2D eigenvalue weighted by Gasteiger charge is -2.28. The summed E-state index contributed by atoms with van der Waals surface area (Å²) in [7, 11) is 0. The fourth-order valence-electron chi connectivity index (χ4n) is 3.25. The molecule has 2 rings (SSSR count). The second kappa shape index (κ2) is 11.5. The van der Waals surface area contributed by atoms with Crippen LogP contribution in [-0.2, 0) is 23.7 Å². The van der Waals surface area contributed by atoms with E-state index in [-0.39, 0.29) is 10.8 Å². The van der Waals surface area contributed by atoms with Crippen molar-refractivity contribution in [2.75, 3.05) is 0 Å². The van der Waals surface area contributed by atoms with Gasteiger partial charge < -0.3 is 3.07 Å². The van der Waals surface area contributed by atoms with E-state index in [9.17, 15) is 0 Å². The Morgan fingerprint density at radius 3 is 1.83 bits per heavy atom. The number of hydrogen-bond donors (Lipinski definition) is 0. The van der Waals surface area contributed by atoms with E-state index in [1.165, 1.54) is 28.7 Å². The summed E-state index contributed by atoms with van der Waals surface area (Å²) in [6.45, 7) is 22.6. The highest BCUT2D eigenvalue weighted by molar-refractivity contribution is 14.1. The first-order chi connectivity index (χ1) is 13.8. The summed E-state index contributed by atoms with van der Waals surface area (Å²) >= 11 is 2.00.